The number of aliphatic hydroxyl groups excluding tert-OH is 1. The minimum atomic E-state index is -0.905. The number of ether oxygens (including phenoxy) is 6. The van der Waals surface area contributed by atoms with E-state index in [1.54, 1.807) is 42.2 Å². The molecule has 0 amide bonds. The number of hydrogen-bond acceptors (Lipinski definition) is 11. The molecule has 5 atom stereocenters. The van der Waals surface area contributed by atoms with Crippen molar-refractivity contribution < 1.29 is 43.1 Å². The van der Waals surface area contributed by atoms with Gasteiger partial charge in [-0.15, -0.1) is 0 Å². The number of rotatable bonds is 11. The van der Waals surface area contributed by atoms with Crippen LogP contribution in [0.25, 0.3) is 6.08 Å². The Kier molecular flexibility index (Phi) is 12.2. The normalized spacial score (nSPS) is 24.5. The van der Waals surface area contributed by atoms with Crippen LogP contribution >= 0.6 is 0 Å². The molecule has 1 fully saturated rings. The summed E-state index contributed by atoms with van der Waals surface area (Å²) in [7, 11) is 2.93. The van der Waals surface area contributed by atoms with E-state index in [1.807, 2.05) is 51.1 Å². The molecule has 0 spiro atoms. The molecule has 241 valence electrons. The number of pyridine rings is 1. The van der Waals surface area contributed by atoms with Gasteiger partial charge in [-0.1, -0.05) is 37.3 Å². The number of fused-ring (bicyclic) bond motifs is 2. The van der Waals surface area contributed by atoms with Crippen molar-refractivity contribution in [3.8, 4) is 11.5 Å². The summed E-state index contributed by atoms with van der Waals surface area (Å²) in [6.45, 7) is 8.05. The van der Waals surface area contributed by atoms with E-state index < -0.39 is 36.2 Å². The average Bonchev–Trinajstić information content (AvgIpc) is 3.33. The zero-order chi connectivity index (χ0) is 32.4. The monoisotopic (exact) mass is 621 g/mol. The number of cyclic esters (lactones) is 1. The number of hydrogen-bond donors (Lipinski definition) is 1. The number of aromatic nitrogens is 1. The number of anilines is 1. The summed E-state index contributed by atoms with van der Waals surface area (Å²) in [4.78, 5) is 30.9. The largest absolute Gasteiger partial charge is 0.493 e. The highest BCUT2D eigenvalue weighted by atomic mass is 16.8. The molecule has 2 aliphatic rings. The van der Waals surface area contributed by atoms with Crippen molar-refractivity contribution in [2.45, 2.75) is 70.7 Å². The zero-order valence-electron chi connectivity index (χ0n) is 26.5. The summed E-state index contributed by atoms with van der Waals surface area (Å²) in [5.74, 6) is -0.245. The Morgan fingerprint density at radius 1 is 1.18 bits per heavy atom. The Bertz CT molecular complexity index is 1340. The molecule has 3 unspecified atom stereocenters. The minimum absolute atomic E-state index is 0.0932. The first kappa shape index (κ1) is 34.2. The second-order valence-corrected chi connectivity index (χ2v) is 11.4. The lowest BCUT2D eigenvalue weighted by Gasteiger charge is -2.23. The van der Waals surface area contributed by atoms with Gasteiger partial charge in [-0.25, -0.2) is 9.78 Å². The van der Waals surface area contributed by atoms with Crippen LogP contribution in [0.15, 0.2) is 54.8 Å². The maximum atomic E-state index is 13.6. The van der Waals surface area contributed by atoms with Crippen molar-refractivity contribution in [3.63, 3.8) is 0 Å². The number of esters is 1. The molecule has 2 aromatic rings. The van der Waals surface area contributed by atoms with Crippen LogP contribution < -0.4 is 14.3 Å². The third-order valence-electron chi connectivity index (χ3n) is 7.51. The van der Waals surface area contributed by atoms with E-state index in [9.17, 15) is 14.7 Å². The standard InChI is InChI=1S/C33H42BN2O9/c1-22-13-14-26(38)31-27(44-33(3,4)45-31)11-8-10-24-18-25(19-28(42-21-40-5)30(24)32(39)43-23(22)2)41-17-9-16-36(34-20-37)29-12-6-7-15-35-29/h6-8,10,12-15,18-20,22-23,26-27,31,38H,9,11,16-17,21H2,1-5H3/t22-,23+,26?,27?,31?/m1/s1. The molecule has 12 heteroatoms. The predicted molar refractivity (Wildman–Crippen MR) is 170 cm³/mol. The molecule has 0 bridgehead atoms. The molecular weight excluding hydrogens is 579 g/mol. The Labute approximate surface area is 265 Å². The fourth-order valence-electron chi connectivity index (χ4n) is 5.12. The number of aliphatic hydroxyl groups is 1. The summed E-state index contributed by atoms with van der Waals surface area (Å²) < 4.78 is 35.1. The SMILES string of the molecule is COCOc1cc(OCCCN([B]C=O)c2ccccn2)cc2c1C(=O)O[C@@H](C)[C@H](C)C=CC(O)C1OC(C)(C)OC1CC=C2. The molecule has 2 aliphatic heterocycles. The lowest BCUT2D eigenvalue weighted by molar-refractivity contribution is -0.152. The minimum Gasteiger partial charge on any atom is -0.493 e. The Morgan fingerprint density at radius 3 is 2.73 bits per heavy atom. The summed E-state index contributed by atoms with van der Waals surface area (Å²) in [6.07, 6.45) is 8.11. The fraction of sp³-hybridized carbons (Fsp3) is 0.485. The topological polar surface area (TPSA) is 126 Å². The summed E-state index contributed by atoms with van der Waals surface area (Å²) in [5.41, 5.74) is 0.758. The molecule has 0 saturated carbocycles. The van der Waals surface area contributed by atoms with E-state index in [1.165, 1.54) is 14.5 Å². The Morgan fingerprint density at radius 2 is 2.00 bits per heavy atom. The van der Waals surface area contributed by atoms with E-state index in [2.05, 4.69) is 4.98 Å². The van der Waals surface area contributed by atoms with E-state index in [4.69, 9.17) is 28.4 Å². The molecular formula is C33H42BN2O9. The van der Waals surface area contributed by atoms with E-state index in [-0.39, 0.29) is 24.0 Å². The summed E-state index contributed by atoms with van der Waals surface area (Å²) in [5, 5.41) is 10.9. The molecule has 1 N–H and O–H groups in total. The van der Waals surface area contributed by atoms with Crippen LogP contribution in [0, 0.1) is 5.92 Å². The lowest BCUT2D eigenvalue weighted by atomic mass is 9.94. The second-order valence-electron chi connectivity index (χ2n) is 11.4. The average molecular weight is 622 g/mol. The number of nitrogens with zero attached hydrogens (tertiary/aromatic N) is 2. The first-order valence-electron chi connectivity index (χ1n) is 15.1. The smallest absolute Gasteiger partial charge is 0.342 e. The van der Waals surface area contributed by atoms with Crippen molar-refractivity contribution in [2.75, 3.05) is 31.9 Å². The second kappa shape index (κ2) is 16.0. The number of carbonyl (C=O) groups is 2. The maximum Gasteiger partial charge on any atom is 0.342 e. The van der Waals surface area contributed by atoms with Gasteiger partial charge in [0.2, 0.25) is 0 Å². The van der Waals surface area contributed by atoms with Crippen LogP contribution in [0.4, 0.5) is 5.82 Å². The van der Waals surface area contributed by atoms with Crippen LogP contribution in [0.3, 0.4) is 0 Å². The zero-order valence-corrected chi connectivity index (χ0v) is 26.5. The van der Waals surface area contributed by atoms with Gasteiger partial charge in [0.05, 0.1) is 12.7 Å². The number of methoxy groups -OCH3 is 1. The highest BCUT2D eigenvalue weighted by Gasteiger charge is 2.43. The molecule has 1 saturated heterocycles. The Hall–Kier alpha value is -3.71. The first-order valence-corrected chi connectivity index (χ1v) is 15.1. The van der Waals surface area contributed by atoms with Gasteiger partial charge in [0.1, 0.15) is 47.4 Å². The molecule has 3 heterocycles. The van der Waals surface area contributed by atoms with Crippen LogP contribution in [-0.2, 0) is 23.7 Å². The van der Waals surface area contributed by atoms with Crippen LogP contribution in [0.2, 0.25) is 0 Å². The van der Waals surface area contributed by atoms with Gasteiger partial charge >= 0.3 is 13.4 Å². The van der Waals surface area contributed by atoms with Crippen LogP contribution in [-0.4, -0.2) is 86.9 Å². The van der Waals surface area contributed by atoms with Gasteiger partial charge in [-0.3, -0.25) is 0 Å². The number of benzene rings is 1. The highest BCUT2D eigenvalue weighted by Crippen LogP contribution is 2.35. The van der Waals surface area contributed by atoms with Gasteiger partial charge < -0.3 is 43.1 Å². The summed E-state index contributed by atoms with van der Waals surface area (Å²) in [6, 6.07) is 8.88. The van der Waals surface area contributed by atoms with Gasteiger partial charge in [0.15, 0.2) is 12.6 Å². The maximum absolute atomic E-state index is 13.6. The quantitative estimate of drug-likeness (QED) is 0.0970. The molecule has 1 aromatic carbocycles. The van der Waals surface area contributed by atoms with Gasteiger partial charge in [-0.05, 0) is 57.4 Å². The summed E-state index contributed by atoms with van der Waals surface area (Å²) >= 11 is 0. The third-order valence-corrected chi connectivity index (χ3v) is 7.51. The van der Waals surface area contributed by atoms with Gasteiger partial charge in [-0.2, -0.15) is 0 Å². The van der Waals surface area contributed by atoms with Crippen molar-refractivity contribution >= 4 is 31.5 Å². The van der Waals surface area contributed by atoms with E-state index in [0.29, 0.717) is 43.1 Å². The first-order chi connectivity index (χ1) is 21.6. The third kappa shape index (κ3) is 9.40. The molecule has 1 aromatic heterocycles. The van der Waals surface area contributed by atoms with Crippen molar-refractivity contribution in [2.24, 2.45) is 5.92 Å². The molecule has 0 aliphatic carbocycles. The van der Waals surface area contributed by atoms with Gasteiger partial charge in [0, 0.05) is 31.8 Å². The van der Waals surface area contributed by atoms with Crippen LogP contribution in [0.5, 0.6) is 11.5 Å². The molecule has 11 nitrogen and oxygen atoms in total. The predicted octanol–water partition coefficient (Wildman–Crippen LogP) is 4.18. The lowest BCUT2D eigenvalue weighted by Crippen LogP contribution is -2.34. The Balaban J connectivity index is 1.61. The van der Waals surface area contributed by atoms with E-state index >= 15 is 0 Å². The van der Waals surface area contributed by atoms with Crippen molar-refractivity contribution in [1.29, 1.82) is 0 Å². The molecule has 4 rings (SSSR count). The van der Waals surface area contributed by atoms with Gasteiger partial charge in [0.25, 0.3) is 0 Å². The highest BCUT2D eigenvalue weighted by molar-refractivity contribution is 6.70. The number of carbonyl (C=O) groups excluding carboxylic acids is 2. The molecule has 1 radical (unpaired) electrons. The fourth-order valence-corrected chi connectivity index (χ4v) is 5.12. The molecule has 45 heavy (non-hydrogen) atoms. The van der Waals surface area contributed by atoms with Crippen LogP contribution in [0.1, 0.15) is 56.5 Å². The van der Waals surface area contributed by atoms with Crippen molar-refractivity contribution in [3.05, 3.63) is 65.9 Å². The van der Waals surface area contributed by atoms with Crippen molar-refractivity contribution in [1.82, 2.24) is 4.98 Å². The van der Waals surface area contributed by atoms with E-state index in [0.717, 1.165) is 6.19 Å².